The van der Waals surface area contributed by atoms with Crippen LogP contribution in [0.25, 0.3) is 0 Å². The number of carboxylic acid groups (broad SMARTS) is 1. The summed E-state index contributed by atoms with van der Waals surface area (Å²) in [6.45, 7) is 0.750. The third-order valence-electron chi connectivity index (χ3n) is 3.79. The minimum Gasteiger partial charge on any atom is -0.478 e. The van der Waals surface area contributed by atoms with Gasteiger partial charge in [0, 0.05) is 11.4 Å². The van der Waals surface area contributed by atoms with E-state index in [4.69, 9.17) is 5.11 Å². The summed E-state index contributed by atoms with van der Waals surface area (Å²) in [5.74, 6) is -0.109. The number of hydrogen-bond acceptors (Lipinski definition) is 3. The lowest BCUT2D eigenvalue weighted by atomic mass is 9.89. The van der Waals surface area contributed by atoms with Crippen molar-refractivity contribution < 1.29 is 14.7 Å². The topological polar surface area (TPSA) is 66.4 Å². The van der Waals surface area contributed by atoms with Gasteiger partial charge in [0.25, 0.3) is 0 Å². The van der Waals surface area contributed by atoms with Gasteiger partial charge in [0.05, 0.1) is 11.3 Å². The Morgan fingerprint density at radius 2 is 1.90 bits per heavy atom. The van der Waals surface area contributed by atoms with Crippen LogP contribution in [0.3, 0.4) is 0 Å². The molecule has 1 fully saturated rings. The number of benzene rings is 1. The summed E-state index contributed by atoms with van der Waals surface area (Å²) in [6.07, 6.45) is 6.25. The van der Waals surface area contributed by atoms with Crippen molar-refractivity contribution in [1.82, 2.24) is 5.32 Å². The molecular weight excluding hydrogens is 286 g/mol. The van der Waals surface area contributed by atoms with E-state index >= 15 is 0 Å². The van der Waals surface area contributed by atoms with E-state index in [-0.39, 0.29) is 17.2 Å². The molecule has 0 heterocycles. The molecule has 5 heteroatoms. The molecule has 2 rings (SSSR count). The van der Waals surface area contributed by atoms with Crippen LogP contribution >= 0.6 is 11.8 Å². The van der Waals surface area contributed by atoms with Gasteiger partial charge in [0.1, 0.15) is 0 Å². The highest BCUT2D eigenvalue weighted by Gasteiger charge is 2.15. The average molecular weight is 307 g/mol. The van der Waals surface area contributed by atoms with Crippen molar-refractivity contribution in [1.29, 1.82) is 0 Å². The highest BCUT2D eigenvalue weighted by molar-refractivity contribution is 8.00. The van der Waals surface area contributed by atoms with E-state index in [2.05, 4.69) is 5.32 Å². The van der Waals surface area contributed by atoms with Crippen LogP contribution in [0, 0.1) is 5.92 Å². The number of carboxylic acids is 1. The first-order chi connectivity index (χ1) is 10.2. The smallest absolute Gasteiger partial charge is 0.336 e. The fraction of sp³-hybridized carbons (Fsp3) is 0.500. The van der Waals surface area contributed by atoms with Crippen LogP contribution in [-0.4, -0.2) is 29.3 Å². The van der Waals surface area contributed by atoms with Crippen molar-refractivity contribution in [3.05, 3.63) is 29.8 Å². The van der Waals surface area contributed by atoms with Crippen LogP contribution in [0.15, 0.2) is 29.2 Å². The monoisotopic (exact) mass is 307 g/mol. The first-order valence-corrected chi connectivity index (χ1v) is 8.37. The number of rotatable bonds is 6. The van der Waals surface area contributed by atoms with Gasteiger partial charge in [-0.15, -0.1) is 11.8 Å². The van der Waals surface area contributed by atoms with Crippen LogP contribution in [0.4, 0.5) is 0 Å². The van der Waals surface area contributed by atoms with Crippen LogP contribution < -0.4 is 5.32 Å². The van der Waals surface area contributed by atoms with E-state index in [0.717, 1.165) is 6.54 Å². The first-order valence-electron chi connectivity index (χ1n) is 7.38. The molecule has 1 aromatic rings. The van der Waals surface area contributed by atoms with Gasteiger partial charge in [-0.3, -0.25) is 4.79 Å². The normalized spacial score (nSPS) is 15.6. The molecule has 0 spiro atoms. The standard InChI is InChI=1S/C16H21NO3S/c18-15(17-10-12-6-2-1-3-7-12)11-21-14-9-5-4-8-13(14)16(19)20/h4-5,8-9,12H,1-3,6-7,10-11H2,(H,17,18)(H,19,20). The van der Waals surface area contributed by atoms with Crippen LogP contribution in [0.1, 0.15) is 42.5 Å². The molecule has 1 aromatic carbocycles. The first kappa shape index (κ1) is 15.9. The lowest BCUT2D eigenvalue weighted by Gasteiger charge is -2.21. The predicted molar refractivity (Wildman–Crippen MR) is 83.7 cm³/mol. The molecule has 0 bridgehead atoms. The maximum Gasteiger partial charge on any atom is 0.336 e. The largest absolute Gasteiger partial charge is 0.478 e. The highest BCUT2D eigenvalue weighted by atomic mass is 32.2. The third kappa shape index (κ3) is 5.08. The summed E-state index contributed by atoms with van der Waals surface area (Å²) in [5, 5.41) is 12.1. The average Bonchev–Trinajstić information content (AvgIpc) is 2.52. The minimum absolute atomic E-state index is 0.0224. The molecule has 0 radical (unpaired) electrons. The molecule has 0 unspecified atom stereocenters. The highest BCUT2D eigenvalue weighted by Crippen LogP contribution is 2.24. The zero-order valence-corrected chi connectivity index (χ0v) is 12.8. The molecule has 0 aromatic heterocycles. The molecule has 0 saturated heterocycles. The van der Waals surface area contributed by atoms with Gasteiger partial charge in [0.15, 0.2) is 0 Å². The lowest BCUT2D eigenvalue weighted by molar-refractivity contribution is -0.118. The van der Waals surface area contributed by atoms with E-state index < -0.39 is 5.97 Å². The van der Waals surface area contributed by atoms with E-state index in [1.807, 2.05) is 0 Å². The maximum absolute atomic E-state index is 11.9. The Bertz CT molecular complexity index is 498. The van der Waals surface area contributed by atoms with Gasteiger partial charge >= 0.3 is 5.97 Å². The van der Waals surface area contributed by atoms with Crippen molar-refractivity contribution in [2.45, 2.75) is 37.0 Å². The van der Waals surface area contributed by atoms with Gasteiger partial charge in [-0.05, 0) is 30.9 Å². The summed E-state index contributed by atoms with van der Waals surface area (Å²) in [4.78, 5) is 23.6. The van der Waals surface area contributed by atoms with Crippen LogP contribution in [0.2, 0.25) is 0 Å². The number of carbonyl (C=O) groups excluding carboxylic acids is 1. The lowest BCUT2D eigenvalue weighted by Crippen LogP contribution is -2.31. The quantitative estimate of drug-likeness (QED) is 0.792. The second-order valence-corrected chi connectivity index (χ2v) is 6.42. The minimum atomic E-state index is -0.958. The third-order valence-corrected chi connectivity index (χ3v) is 4.86. The second kappa shape index (κ2) is 8.08. The fourth-order valence-electron chi connectivity index (χ4n) is 2.61. The Morgan fingerprint density at radius 1 is 1.19 bits per heavy atom. The Labute approximate surface area is 129 Å². The van der Waals surface area contributed by atoms with Crippen molar-refractivity contribution in [2.75, 3.05) is 12.3 Å². The number of aromatic carboxylic acids is 1. The number of thioether (sulfide) groups is 1. The number of nitrogens with one attached hydrogen (secondary N) is 1. The maximum atomic E-state index is 11.9. The van der Waals surface area contributed by atoms with Crippen molar-refractivity contribution in [3.8, 4) is 0 Å². The molecule has 114 valence electrons. The second-order valence-electron chi connectivity index (χ2n) is 5.40. The van der Waals surface area contributed by atoms with E-state index in [1.54, 1.807) is 24.3 Å². The van der Waals surface area contributed by atoms with E-state index in [1.165, 1.54) is 43.9 Å². The number of amides is 1. The van der Waals surface area contributed by atoms with E-state index in [9.17, 15) is 9.59 Å². The van der Waals surface area contributed by atoms with Gasteiger partial charge in [0.2, 0.25) is 5.91 Å². The molecule has 1 aliphatic carbocycles. The molecule has 1 aliphatic rings. The Kier molecular flexibility index (Phi) is 6.11. The fourth-order valence-corrected chi connectivity index (χ4v) is 3.49. The molecule has 21 heavy (non-hydrogen) atoms. The molecule has 2 N–H and O–H groups in total. The zero-order chi connectivity index (χ0) is 15.1. The number of hydrogen-bond donors (Lipinski definition) is 2. The van der Waals surface area contributed by atoms with Crippen LogP contribution in [0.5, 0.6) is 0 Å². The summed E-state index contributed by atoms with van der Waals surface area (Å²) in [5.41, 5.74) is 0.252. The van der Waals surface area contributed by atoms with Gasteiger partial charge < -0.3 is 10.4 Å². The van der Waals surface area contributed by atoms with Crippen molar-refractivity contribution in [2.24, 2.45) is 5.92 Å². The zero-order valence-electron chi connectivity index (χ0n) is 12.0. The summed E-state index contributed by atoms with van der Waals surface area (Å²) >= 11 is 1.28. The van der Waals surface area contributed by atoms with Gasteiger partial charge in [-0.1, -0.05) is 31.4 Å². The molecule has 0 aliphatic heterocycles. The van der Waals surface area contributed by atoms with Crippen molar-refractivity contribution in [3.63, 3.8) is 0 Å². The molecule has 0 atom stereocenters. The molecular formula is C16H21NO3S. The summed E-state index contributed by atoms with van der Waals surface area (Å²) in [6, 6.07) is 6.78. The molecule has 1 saturated carbocycles. The van der Waals surface area contributed by atoms with Crippen LogP contribution in [-0.2, 0) is 4.79 Å². The summed E-state index contributed by atoms with van der Waals surface area (Å²) in [7, 11) is 0. The molecule has 4 nitrogen and oxygen atoms in total. The summed E-state index contributed by atoms with van der Waals surface area (Å²) < 4.78 is 0. The number of carbonyl (C=O) groups is 2. The SMILES string of the molecule is O=C(CSc1ccccc1C(=O)O)NCC1CCCCC1. The Balaban J connectivity index is 1.77. The van der Waals surface area contributed by atoms with E-state index in [0.29, 0.717) is 10.8 Å². The predicted octanol–water partition coefficient (Wildman–Crippen LogP) is 3.17. The van der Waals surface area contributed by atoms with Crippen molar-refractivity contribution >= 4 is 23.6 Å². The molecule has 1 amide bonds. The Morgan fingerprint density at radius 3 is 2.62 bits per heavy atom. The van der Waals surface area contributed by atoms with Gasteiger partial charge in [-0.25, -0.2) is 4.79 Å². The van der Waals surface area contributed by atoms with Gasteiger partial charge in [-0.2, -0.15) is 0 Å². The Hall–Kier alpha value is -1.49.